The maximum absolute atomic E-state index is 11.8. The summed E-state index contributed by atoms with van der Waals surface area (Å²) in [6.45, 7) is 2.62. The van der Waals surface area contributed by atoms with Crippen LogP contribution in [0.25, 0.3) is 0 Å². The highest BCUT2D eigenvalue weighted by atomic mass is 16.5. The number of rotatable bonds is 7. The lowest BCUT2D eigenvalue weighted by Crippen LogP contribution is -2.30. The van der Waals surface area contributed by atoms with Gasteiger partial charge in [0, 0.05) is 18.5 Å². The van der Waals surface area contributed by atoms with E-state index in [1.54, 1.807) is 0 Å². The van der Waals surface area contributed by atoms with Gasteiger partial charge in [-0.05, 0) is 42.9 Å². The van der Waals surface area contributed by atoms with Gasteiger partial charge in [0.2, 0.25) is 5.91 Å². The molecule has 2 aliphatic carbocycles. The number of hydrogen-bond acceptors (Lipinski definition) is 3. The highest BCUT2D eigenvalue weighted by molar-refractivity contribution is 5.81. The molecule has 0 bridgehead atoms. The molecule has 2 saturated carbocycles. The van der Waals surface area contributed by atoms with E-state index in [9.17, 15) is 9.59 Å². The highest BCUT2D eigenvalue weighted by Crippen LogP contribution is 2.37. The molecule has 0 heterocycles. The minimum absolute atomic E-state index is 0.0336. The third-order valence-electron chi connectivity index (χ3n) is 4.12. The van der Waals surface area contributed by atoms with Crippen molar-refractivity contribution in [3.8, 4) is 5.75 Å². The van der Waals surface area contributed by atoms with Crippen molar-refractivity contribution in [1.82, 2.24) is 10.6 Å². The van der Waals surface area contributed by atoms with E-state index in [1.807, 2.05) is 24.3 Å². The van der Waals surface area contributed by atoms with Gasteiger partial charge in [0.05, 0.1) is 0 Å². The molecule has 2 atom stereocenters. The minimum Gasteiger partial charge on any atom is -0.484 e. The maximum Gasteiger partial charge on any atom is 0.258 e. The molecule has 2 fully saturated rings. The first kappa shape index (κ1) is 14.9. The lowest BCUT2D eigenvalue weighted by molar-refractivity contribution is -0.123. The zero-order valence-electron chi connectivity index (χ0n) is 12.8. The van der Waals surface area contributed by atoms with Crippen molar-refractivity contribution >= 4 is 11.8 Å². The number of hydrogen-bond donors (Lipinski definition) is 2. The second kappa shape index (κ2) is 6.38. The van der Waals surface area contributed by atoms with Crippen LogP contribution in [0.5, 0.6) is 5.75 Å². The highest BCUT2D eigenvalue weighted by Gasteiger charge is 2.38. The average molecular weight is 302 g/mol. The number of benzene rings is 1. The fourth-order valence-electron chi connectivity index (χ4n) is 2.40. The Morgan fingerprint density at radius 1 is 1.32 bits per heavy atom. The van der Waals surface area contributed by atoms with Crippen LogP contribution in [-0.2, 0) is 16.1 Å². The fraction of sp³-hybridized carbons (Fsp3) is 0.529. The Kier molecular flexibility index (Phi) is 4.32. The van der Waals surface area contributed by atoms with Gasteiger partial charge in [-0.25, -0.2) is 0 Å². The Labute approximate surface area is 130 Å². The molecule has 1 aromatic rings. The summed E-state index contributed by atoms with van der Waals surface area (Å²) in [5, 5.41) is 5.83. The van der Waals surface area contributed by atoms with Crippen molar-refractivity contribution < 1.29 is 14.3 Å². The molecule has 5 heteroatoms. The molecule has 1 aromatic carbocycles. The van der Waals surface area contributed by atoms with Crippen LogP contribution in [0, 0.1) is 11.8 Å². The van der Waals surface area contributed by atoms with Gasteiger partial charge in [-0.15, -0.1) is 0 Å². The Bertz CT molecular complexity index is 569. The second-order valence-corrected chi connectivity index (χ2v) is 6.32. The van der Waals surface area contributed by atoms with E-state index in [0.29, 0.717) is 24.3 Å². The van der Waals surface area contributed by atoms with Crippen LogP contribution in [0.15, 0.2) is 24.3 Å². The molecule has 2 amide bonds. The Balaban J connectivity index is 1.44. The number of amides is 2. The van der Waals surface area contributed by atoms with Crippen molar-refractivity contribution in [2.45, 2.75) is 38.8 Å². The second-order valence-electron chi connectivity index (χ2n) is 6.32. The number of ether oxygens (including phenoxy) is 1. The van der Waals surface area contributed by atoms with Crippen LogP contribution in [0.2, 0.25) is 0 Å². The number of carbonyl (C=O) groups is 2. The van der Waals surface area contributed by atoms with Crippen LogP contribution in [0.1, 0.15) is 31.7 Å². The van der Waals surface area contributed by atoms with Gasteiger partial charge < -0.3 is 15.4 Å². The predicted octanol–water partition coefficient (Wildman–Crippen LogP) is 1.62. The molecule has 118 valence electrons. The van der Waals surface area contributed by atoms with E-state index in [1.165, 1.54) is 0 Å². The Morgan fingerprint density at radius 2 is 2.09 bits per heavy atom. The first-order chi connectivity index (χ1) is 10.6. The van der Waals surface area contributed by atoms with Gasteiger partial charge in [0.15, 0.2) is 6.61 Å². The standard InChI is InChI=1S/C17H22N2O3/c1-11-7-15(11)17(21)18-9-12-3-2-4-14(8-12)22-10-16(20)19-13-5-6-13/h2-4,8,11,13,15H,5-7,9-10H2,1H3,(H,18,21)(H,19,20)/t11-,15+/m0/s1. The molecular formula is C17H22N2O3. The van der Waals surface area contributed by atoms with Gasteiger partial charge in [-0.2, -0.15) is 0 Å². The largest absolute Gasteiger partial charge is 0.484 e. The molecule has 0 aliphatic heterocycles. The Morgan fingerprint density at radius 3 is 2.77 bits per heavy atom. The first-order valence-corrected chi connectivity index (χ1v) is 7.90. The smallest absolute Gasteiger partial charge is 0.258 e. The zero-order chi connectivity index (χ0) is 15.5. The van der Waals surface area contributed by atoms with Crippen LogP contribution in [-0.4, -0.2) is 24.5 Å². The van der Waals surface area contributed by atoms with Crippen molar-refractivity contribution in [3.63, 3.8) is 0 Å². The SMILES string of the molecule is C[C@H]1C[C@H]1C(=O)NCc1cccc(OCC(=O)NC2CC2)c1. The topological polar surface area (TPSA) is 67.4 Å². The van der Waals surface area contributed by atoms with Gasteiger partial charge >= 0.3 is 0 Å². The van der Waals surface area contributed by atoms with Gasteiger partial charge in [-0.3, -0.25) is 9.59 Å². The quantitative estimate of drug-likeness (QED) is 0.804. The van der Waals surface area contributed by atoms with E-state index < -0.39 is 0 Å². The van der Waals surface area contributed by atoms with E-state index >= 15 is 0 Å². The van der Waals surface area contributed by atoms with Crippen molar-refractivity contribution in [2.75, 3.05) is 6.61 Å². The lowest BCUT2D eigenvalue weighted by Gasteiger charge is -2.09. The van der Waals surface area contributed by atoms with Gasteiger partial charge in [0.1, 0.15) is 5.75 Å². The minimum atomic E-state index is -0.0797. The number of carbonyl (C=O) groups excluding carboxylic acids is 2. The van der Waals surface area contributed by atoms with Gasteiger partial charge in [0.25, 0.3) is 5.91 Å². The summed E-state index contributed by atoms with van der Waals surface area (Å²) >= 11 is 0. The average Bonchev–Trinajstić information content (AvgIpc) is 3.42. The van der Waals surface area contributed by atoms with E-state index in [-0.39, 0.29) is 24.3 Å². The number of nitrogens with one attached hydrogen (secondary N) is 2. The van der Waals surface area contributed by atoms with Crippen LogP contribution in [0.4, 0.5) is 0 Å². The van der Waals surface area contributed by atoms with Crippen molar-refractivity contribution in [2.24, 2.45) is 11.8 Å². The molecule has 0 saturated heterocycles. The van der Waals surface area contributed by atoms with Crippen LogP contribution < -0.4 is 15.4 Å². The lowest BCUT2D eigenvalue weighted by atomic mass is 10.2. The molecule has 0 radical (unpaired) electrons. The summed E-state index contributed by atoms with van der Waals surface area (Å²) in [6.07, 6.45) is 3.13. The molecule has 3 rings (SSSR count). The molecule has 5 nitrogen and oxygen atoms in total. The zero-order valence-corrected chi connectivity index (χ0v) is 12.8. The van der Waals surface area contributed by atoms with Gasteiger partial charge in [-0.1, -0.05) is 19.1 Å². The van der Waals surface area contributed by atoms with E-state index in [4.69, 9.17) is 4.74 Å². The molecule has 2 N–H and O–H groups in total. The summed E-state index contributed by atoms with van der Waals surface area (Å²) in [6, 6.07) is 7.84. The molecule has 22 heavy (non-hydrogen) atoms. The summed E-state index contributed by atoms with van der Waals surface area (Å²) in [4.78, 5) is 23.4. The molecule has 2 aliphatic rings. The molecule has 0 spiro atoms. The summed E-state index contributed by atoms with van der Waals surface area (Å²) in [5.74, 6) is 1.40. The maximum atomic E-state index is 11.8. The summed E-state index contributed by atoms with van der Waals surface area (Å²) in [5.41, 5.74) is 0.974. The van der Waals surface area contributed by atoms with Crippen molar-refractivity contribution in [1.29, 1.82) is 0 Å². The fourth-order valence-corrected chi connectivity index (χ4v) is 2.40. The normalized spacial score (nSPS) is 22.8. The Hall–Kier alpha value is -2.04. The van der Waals surface area contributed by atoms with E-state index in [0.717, 1.165) is 24.8 Å². The molecule has 0 aromatic heterocycles. The molecule has 0 unspecified atom stereocenters. The van der Waals surface area contributed by atoms with E-state index in [2.05, 4.69) is 17.6 Å². The van der Waals surface area contributed by atoms with Crippen molar-refractivity contribution in [3.05, 3.63) is 29.8 Å². The third-order valence-corrected chi connectivity index (χ3v) is 4.12. The van der Waals surface area contributed by atoms with Crippen LogP contribution >= 0.6 is 0 Å². The third kappa shape index (κ3) is 4.23. The summed E-state index contributed by atoms with van der Waals surface area (Å²) < 4.78 is 5.50. The monoisotopic (exact) mass is 302 g/mol. The summed E-state index contributed by atoms with van der Waals surface area (Å²) in [7, 11) is 0. The molecular weight excluding hydrogens is 280 g/mol. The van der Waals surface area contributed by atoms with Crippen LogP contribution in [0.3, 0.4) is 0 Å². The first-order valence-electron chi connectivity index (χ1n) is 7.90. The predicted molar refractivity (Wildman–Crippen MR) is 82.2 cm³/mol.